The Morgan fingerprint density at radius 3 is 1.16 bits per heavy atom. The molecule has 0 aliphatic carbocycles. The standard InChI is InChI=1S/C33H31N9O8.C17H15N3O4.C15H14N6O4/c43-26(34-22-5-1-3-18-20(22)14-41(32(18)49)24-8-11-27(44)36-30(24)47)10-7-17-13-40(39-38-17)16-29(46)35-23-6-2-4-19-21(23)15-42(33(19)50)25-9-12-28(45)37-31(25)48;1-2-4-14(21)18-12-6-3-5-10-11(12)9-20(17(10)24)13-7-8-15(22)19-16(13)23;16-20-17-6-13(23)18-10-3-1-2-8-9(10)7-21(15(8)25)11-4-5-12(22)19-14(11)24/h1-6,13,24-25H,7-12,14-16H2,(H,34,43)(H,35,46)(H,36,44,47)(H,37,45,48);1,3,5-6,13H,4,7-9H2,(H,18,21)(H,19,22,23);1-3,11H,4-7H2,(H,18,23)(H,19,22,24). The molecule has 99 heavy (non-hydrogen) atoms. The van der Waals surface area contributed by atoms with E-state index in [9.17, 15) is 76.7 Å². The number of hydrogen-bond acceptors (Lipinski definition) is 19. The molecule has 9 heterocycles. The summed E-state index contributed by atoms with van der Waals surface area (Å²) in [6.07, 6.45) is 8.52. The number of rotatable bonds is 16. The number of nitrogens with one attached hydrogen (secondary N) is 8. The molecule has 0 saturated carbocycles. The average Bonchev–Trinajstić information content (AvgIpc) is 1.65. The number of fused-ring (bicyclic) bond motifs is 4. The van der Waals surface area contributed by atoms with Gasteiger partial charge in [-0.15, -0.1) is 11.5 Å². The third-order valence-electron chi connectivity index (χ3n) is 17.5. The molecule has 13 rings (SSSR count). The number of nitrogens with zero attached hydrogens (tertiary/aromatic N) is 10. The van der Waals surface area contributed by atoms with E-state index >= 15 is 0 Å². The van der Waals surface area contributed by atoms with Gasteiger partial charge in [-0.2, -0.15) is 0 Å². The molecule has 506 valence electrons. The number of carbonyl (C=O) groups is 16. The molecule has 4 unspecified atom stereocenters. The van der Waals surface area contributed by atoms with Crippen LogP contribution in [0.15, 0.2) is 84.1 Å². The van der Waals surface area contributed by atoms with Gasteiger partial charge in [0.25, 0.3) is 23.6 Å². The second-order valence-electron chi connectivity index (χ2n) is 23.8. The Bertz CT molecular complexity index is 4450. The van der Waals surface area contributed by atoms with E-state index in [2.05, 4.69) is 68.8 Å². The van der Waals surface area contributed by atoms with Crippen molar-refractivity contribution in [2.24, 2.45) is 5.11 Å². The second kappa shape index (κ2) is 29.1. The summed E-state index contributed by atoms with van der Waals surface area (Å²) in [5, 5.41) is 31.2. The first kappa shape index (κ1) is 67.6. The van der Waals surface area contributed by atoms with Gasteiger partial charge in [-0.1, -0.05) is 40.5 Å². The summed E-state index contributed by atoms with van der Waals surface area (Å²) in [5.74, 6) is -4.08. The van der Waals surface area contributed by atoms with Gasteiger partial charge in [-0.25, -0.2) is 4.68 Å². The summed E-state index contributed by atoms with van der Waals surface area (Å²) in [6.45, 7) is 0.0258. The zero-order valence-corrected chi connectivity index (χ0v) is 52.4. The van der Waals surface area contributed by atoms with Crippen LogP contribution in [0.2, 0.25) is 0 Å². The van der Waals surface area contributed by atoms with E-state index in [4.69, 9.17) is 12.0 Å². The molecule has 8 N–H and O–H groups in total. The SMILES string of the molecule is C#CCC(=O)Nc1cccc2c1CN(C1CCC(=O)NC1=O)C2=O.O=C1CCC(N2Cc3c(NC(=O)CCc4cn(CC(=O)Nc5cccc6c5CN(C5CCC(=O)NC5=O)C6=O)nn4)cccc3C2=O)C(=O)N1.[N-]=[N+]=NCC(=O)Nc1cccc2c1CN(C1CCC(=O)NC1=O)C2=O. The molecule has 34 nitrogen and oxygen atoms in total. The van der Waals surface area contributed by atoms with Crippen molar-refractivity contribution in [1.29, 1.82) is 0 Å². The molecule has 1 aromatic heterocycles. The number of carbonyl (C=O) groups excluding carboxylic acids is 16. The monoisotopic (exact) mass is 1350 g/mol. The van der Waals surface area contributed by atoms with Crippen molar-refractivity contribution in [3.05, 3.63) is 140 Å². The minimum absolute atomic E-state index is 0.0349. The molecule has 4 fully saturated rings. The van der Waals surface area contributed by atoms with Gasteiger partial charge in [0.2, 0.25) is 70.9 Å². The van der Waals surface area contributed by atoms with Gasteiger partial charge < -0.3 is 40.9 Å². The molecule has 16 amide bonds. The molecule has 4 aromatic carbocycles. The van der Waals surface area contributed by atoms with Crippen molar-refractivity contribution in [1.82, 2.24) is 55.9 Å². The van der Waals surface area contributed by atoms with Crippen LogP contribution in [0.3, 0.4) is 0 Å². The molecule has 8 aliphatic heterocycles. The van der Waals surface area contributed by atoms with Gasteiger partial charge in [0.15, 0.2) is 0 Å². The Hall–Kier alpha value is -12.8. The minimum atomic E-state index is -0.778. The van der Waals surface area contributed by atoms with E-state index in [0.29, 0.717) is 79.4 Å². The van der Waals surface area contributed by atoms with E-state index in [0.717, 1.165) is 0 Å². The number of aromatic nitrogens is 3. The highest BCUT2D eigenvalue weighted by Crippen LogP contribution is 2.37. The predicted octanol–water partition coefficient (Wildman–Crippen LogP) is 1.12. The van der Waals surface area contributed by atoms with Crippen LogP contribution >= 0.6 is 0 Å². The fourth-order valence-electron chi connectivity index (χ4n) is 12.7. The van der Waals surface area contributed by atoms with Crippen molar-refractivity contribution in [2.75, 3.05) is 27.8 Å². The normalized spacial score (nSPS) is 19.7. The first-order valence-electron chi connectivity index (χ1n) is 31.2. The summed E-state index contributed by atoms with van der Waals surface area (Å²) in [4.78, 5) is 203. The van der Waals surface area contributed by atoms with Crippen LogP contribution in [0.25, 0.3) is 10.4 Å². The van der Waals surface area contributed by atoms with Crippen LogP contribution in [0.4, 0.5) is 22.7 Å². The van der Waals surface area contributed by atoms with Crippen LogP contribution in [-0.2, 0) is 96.7 Å². The zero-order chi connectivity index (χ0) is 70.3. The summed E-state index contributed by atoms with van der Waals surface area (Å²) < 4.78 is 1.33. The number of terminal acetylenes is 1. The number of piperidine rings is 4. The Labute approximate surface area is 560 Å². The first-order valence-corrected chi connectivity index (χ1v) is 31.2. The molecule has 0 radical (unpaired) electrons. The molecule has 4 saturated heterocycles. The summed E-state index contributed by atoms with van der Waals surface area (Å²) in [7, 11) is 0. The maximum Gasteiger partial charge on any atom is 0.255 e. The van der Waals surface area contributed by atoms with E-state index in [1.54, 1.807) is 79.0 Å². The Balaban J connectivity index is 0.000000168. The zero-order valence-electron chi connectivity index (χ0n) is 52.4. The van der Waals surface area contributed by atoms with Gasteiger partial charge in [-0.3, -0.25) is 98.0 Å². The van der Waals surface area contributed by atoms with E-state index < -0.39 is 59.6 Å². The molecule has 0 spiro atoms. The van der Waals surface area contributed by atoms with E-state index in [-0.39, 0.29) is 163 Å². The first-order chi connectivity index (χ1) is 47.6. The van der Waals surface area contributed by atoms with Crippen LogP contribution in [-0.4, -0.2) is 160 Å². The summed E-state index contributed by atoms with van der Waals surface area (Å²) >= 11 is 0. The van der Waals surface area contributed by atoms with Crippen LogP contribution in [0.1, 0.15) is 134 Å². The number of amides is 16. The third kappa shape index (κ3) is 14.7. The molecule has 8 aliphatic rings. The summed E-state index contributed by atoms with van der Waals surface area (Å²) in [5.41, 5.74) is 14.5. The number of imide groups is 4. The maximum atomic E-state index is 13.1. The van der Waals surface area contributed by atoms with E-state index in [1.165, 1.54) is 24.3 Å². The van der Waals surface area contributed by atoms with Crippen molar-refractivity contribution in [3.8, 4) is 12.3 Å². The smallest absolute Gasteiger partial charge is 0.255 e. The fraction of sp³-hybridized carbons (Fsp3) is 0.323. The number of anilines is 4. The van der Waals surface area contributed by atoms with E-state index in [1.807, 2.05) is 0 Å². The topological polar surface area (TPSA) is 462 Å². The van der Waals surface area contributed by atoms with Crippen LogP contribution in [0, 0.1) is 12.3 Å². The Morgan fingerprint density at radius 2 is 0.828 bits per heavy atom. The fourth-order valence-corrected chi connectivity index (χ4v) is 12.7. The average molecular weight is 1350 g/mol. The highest BCUT2D eigenvalue weighted by Gasteiger charge is 2.44. The summed E-state index contributed by atoms with van der Waals surface area (Å²) in [6, 6.07) is 16.8. The Morgan fingerprint density at radius 1 is 0.495 bits per heavy atom. The lowest BCUT2D eigenvalue weighted by Gasteiger charge is -2.29. The van der Waals surface area contributed by atoms with Gasteiger partial charge in [0.05, 0.1) is 12.1 Å². The van der Waals surface area contributed by atoms with Gasteiger partial charge in [0, 0.05) is 143 Å². The van der Waals surface area contributed by atoms with Crippen molar-refractivity contribution in [3.63, 3.8) is 0 Å². The van der Waals surface area contributed by atoms with Crippen molar-refractivity contribution < 1.29 is 76.7 Å². The molecular weight excluding hydrogens is 1290 g/mol. The number of benzene rings is 4. The highest BCUT2D eigenvalue weighted by atomic mass is 16.2. The quantitative estimate of drug-likeness (QED) is 0.0225. The lowest BCUT2D eigenvalue weighted by Crippen LogP contribution is -2.52. The largest absolute Gasteiger partial charge is 0.326 e. The Kier molecular flexibility index (Phi) is 19.8. The molecule has 34 heteroatoms. The second-order valence-corrected chi connectivity index (χ2v) is 23.8. The molecule has 5 aromatic rings. The maximum absolute atomic E-state index is 13.1. The minimum Gasteiger partial charge on any atom is -0.326 e. The highest BCUT2D eigenvalue weighted by molar-refractivity contribution is 6.11. The molecule has 0 bridgehead atoms. The van der Waals surface area contributed by atoms with Gasteiger partial charge >= 0.3 is 0 Å². The number of azide groups is 1. The van der Waals surface area contributed by atoms with Crippen molar-refractivity contribution in [2.45, 2.75) is 128 Å². The van der Waals surface area contributed by atoms with Gasteiger partial charge in [0.1, 0.15) is 37.3 Å². The van der Waals surface area contributed by atoms with Crippen molar-refractivity contribution >= 4 is 117 Å². The lowest BCUT2D eigenvalue weighted by molar-refractivity contribution is -0.138. The van der Waals surface area contributed by atoms with Gasteiger partial charge in [-0.05, 0) is 79.7 Å². The van der Waals surface area contributed by atoms with Crippen LogP contribution in [0.5, 0.6) is 0 Å². The lowest BCUT2D eigenvalue weighted by atomic mass is 10.0. The molecular formula is C65H60N18O16. The molecule has 4 atom stereocenters. The van der Waals surface area contributed by atoms with Crippen LogP contribution < -0.4 is 42.5 Å². The predicted molar refractivity (Wildman–Crippen MR) is 340 cm³/mol. The third-order valence-corrected chi connectivity index (χ3v) is 17.5. The number of aryl methyl sites for hydroxylation is 1. The number of hydrogen-bond donors (Lipinski definition) is 8.